The smallest absolute Gasteiger partial charge is 0.0233 e. The highest BCUT2D eigenvalue weighted by Crippen LogP contribution is 2.19. The van der Waals surface area contributed by atoms with Gasteiger partial charge in [0.1, 0.15) is 0 Å². The monoisotopic (exact) mass is 132 g/mol. The van der Waals surface area contributed by atoms with Gasteiger partial charge in [-0.1, -0.05) is 37.5 Å². The molecular weight excluding hydrogens is 120 g/mol. The molecule has 1 rings (SSSR count). The van der Waals surface area contributed by atoms with E-state index >= 15 is 0 Å². The lowest BCUT2D eigenvalue weighted by atomic mass is 9.98. The summed E-state index contributed by atoms with van der Waals surface area (Å²) in [5, 5.41) is 0. The van der Waals surface area contributed by atoms with E-state index in [1.54, 1.807) is 0 Å². The van der Waals surface area contributed by atoms with Crippen LogP contribution in [0.25, 0.3) is 0 Å². The first-order valence-corrected chi connectivity index (χ1v) is 3.54. The van der Waals surface area contributed by atoms with Crippen LogP contribution in [-0.2, 0) is 0 Å². The first-order valence-electron chi connectivity index (χ1n) is 3.54. The number of hydrogen-bond donors (Lipinski definition) is 0. The van der Waals surface area contributed by atoms with Gasteiger partial charge < -0.3 is 0 Å². The van der Waals surface area contributed by atoms with E-state index in [0.717, 1.165) is 12.8 Å². The topological polar surface area (TPSA) is 0 Å². The fraction of sp³-hybridized carbons (Fsp3) is 0.200. The lowest BCUT2D eigenvalue weighted by Crippen LogP contribution is -1.88. The molecule has 0 fully saturated rings. The molecule has 0 amide bonds. The van der Waals surface area contributed by atoms with Crippen LogP contribution in [0.2, 0.25) is 0 Å². The zero-order valence-corrected chi connectivity index (χ0v) is 6.14. The first kappa shape index (κ1) is 7.07. The Hall–Kier alpha value is -1.04. The van der Waals surface area contributed by atoms with E-state index in [1.807, 2.05) is 12.2 Å². The maximum absolute atomic E-state index is 3.73. The number of allylic oxidation sites excluding steroid dienone is 6. The van der Waals surface area contributed by atoms with Gasteiger partial charge in [0.25, 0.3) is 0 Å². The molecule has 0 aromatic carbocycles. The molecule has 0 unspecified atom stereocenters. The molecular formula is C10H12. The van der Waals surface area contributed by atoms with Crippen molar-refractivity contribution >= 4 is 0 Å². The van der Waals surface area contributed by atoms with Crippen molar-refractivity contribution in [2.45, 2.75) is 12.8 Å². The highest BCUT2D eigenvalue weighted by Gasteiger charge is 1.99. The van der Waals surface area contributed by atoms with Crippen LogP contribution in [0.4, 0.5) is 0 Å². The fourth-order valence-electron chi connectivity index (χ4n) is 1.12. The molecule has 0 nitrogen and oxygen atoms in total. The van der Waals surface area contributed by atoms with Crippen LogP contribution >= 0.6 is 0 Å². The second-order valence-electron chi connectivity index (χ2n) is 2.30. The van der Waals surface area contributed by atoms with Crippen molar-refractivity contribution in [2.75, 3.05) is 0 Å². The van der Waals surface area contributed by atoms with E-state index < -0.39 is 0 Å². The lowest BCUT2D eigenvalue weighted by molar-refractivity contribution is 1.01. The normalized spacial score (nSPS) is 17.2. The summed E-state index contributed by atoms with van der Waals surface area (Å²) in [5.41, 5.74) is 2.45. The Labute approximate surface area is 62.3 Å². The standard InChI is InChI=1S/C10H12/c1-3-9-7-5-6-8-10(9)4-2/h3-4,7-8H,1-2,5-6H2. The summed E-state index contributed by atoms with van der Waals surface area (Å²) in [6.45, 7) is 7.45. The number of rotatable bonds is 2. The third-order valence-electron chi connectivity index (χ3n) is 1.67. The molecule has 0 heterocycles. The van der Waals surface area contributed by atoms with Crippen molar-refractivity contribution in [2.24, 2.45) is 0 Å². The molecule has 0 radical (unpaired) electrons. The van der Waals surface area contributed by atoms with Crippen molar-refractivity contribution in [3.63, 3.8) is 0 Å². The summed E-state index contributed by atoms with van der Waals surface area (Å²) < 4.78 is 0. The van der Waals surface area contributed by atoms with Gasteiger partial charge in [-0.15, -0.1) is 0 Å². The van der Waals surface area contributed by atoms with Crippen molar-refractivity contribution in [3.8, 4) is 0 Å². The van der Waals surface area contributed by atoms with Gasteiger partial charge in [0, 0.05) is 0 Å². The molecule has 0 saturated heterocycles. The highest BCUT2D eigenvalue weighted by molar-refractivity contribution is 5.46. The summed E-state index contributed by atoms with van der Waals surface area (Å²) in [5.74, 6) is 0. The Kier molecular flexibility index (Phi) is 2.27. The minimum Gasteiger partial charge on any atom is -0.0985 e. The van der Waals surface area contributed by atoms with Gasteiger partial charge in [0.2, 0.25) is 0 Å². The van der Waals surface area contributed by atoms with Crippen LogP contribution in [-0.4, -0.2) is 0 Å². The van der Waals surface area contributed by atoms with Gasteiger partial charge in [-0.25, -0.2) is 0 Å². The van der Waals surface area contributed by atoms with Gasteiger partial charge in [-0.2, -0.15) is 0 Å². The Balaban J connectivity index is 2.86. The molecule has 10 heavy (non-hydrogen) atoms. The quantitative estimate of drug-likeness (QED) is 0.541. The largest absolute Gasteiger partial charge is 0.0985 e. The van der Waals surface area contributed by atoms with Crippen LogP contribution in [0.1, 0.15) is 12.8 Å². The minimum absolute atomic E-state index is 1.14. The molecule has 1 aliphatic rings. The van der Waals surface area contributed by atoms with Crippen LogP contribution in [0.15, 0.2) is 48.6 Å². The Morgan fingerprint density at radius 3 is 1.70 bits per heavy atom. The van der Waals surface area contributed by atoms with Crippen molar-refractivity contribution < 1.29 is 0 Å². The van der Waals surface area contributed by atoms with E-state index in [-0.39, 0.29) is 0 Å². The Morgan fingerprint density at radius 2 is 1.40 bits per heavy atom. The van der Waals surface area contributed by atoms with Gasteiger partial charge in [-0.05, 0) is 24.0 Å². The maximum Gasteiger partial charge on any atom is -0.0233 e. The van der Waals surface area contributed by atoms with Crippen molar-refractivity contribution in [1.82, 2.24) is 0 Å². The summed E-state index contributed by atoms with van der Waals surface area (Å²) >= 11 is 0. The average Bonchev–Trinajstić information content (AvgIpc) is 2.04. The van der Waals surface area contributed by atoms with Crippen LogP contribution in [0.3, 0.4) is 0 Å². The molecule has 0 saturated carbocycles. The van der Waals surface area contributed by atoms with Crippen LogP contribution in [0, 0.1) is 0 Å². The Morgan fingerprint density at radius 1 is 1.00 bits per heavy atom. The molecule has 0 aliphatic heterocycles. The predicted octanol–water partition coefficient (Wildman–Crippen LogP) is 3.01. The van der Waals surface area contributed by atoms with E-state index in [2.05, 4.69) is 25.3 Å². The molecule has 0 N–H and O–H groups in total. The van der Waals surface area contributed by atoms with Crippen LogP contribution in [0.5, 0.6) is 0 Å². The third-order valence-corrected chi connectivity index (χ3v) is 1.67. The van der Waals surface area contributed by atoms with Gasteiger partial charge in [0.05, 0.1) is 0 Å². The second kappa shape index (κ2) is 3.21. The fourth-order valence-corrected chi connectivity index (χ4v) is 1.12. The summed E-state index contributed by atoms with van der Waals surface area (Å²) in [4.78, 5) is 0. The lowest BCUT2D eigenvalue weighted by Gasteiger charge is -2.07. The molecule has 0 bridgehead atoms. The highest BCUT2D eigenvalue weighted by atomic mass is 14.0. The number of hydrogen-bond acceptors (Lipinski definition) is 0. The van der Waals surface area contributed by atoms with Gasteiger partial charge in [0.15, 0.2) is 0 Å². The van der Waals surface area contributed by atoms with E-state index in [4.69, 9.17) is 0 Å². The van der Waals surface area contributed by atoms with Gasteiger partial charge in [-0.3, -0.25) is 0 Å². The molecule has 0 aromatic heterocycles. The SMILES string of the molecule is C=CC1=CCCC=C1C=C. The molecule has 0 atom stereocenters. The molecule has 52 valence electrons. The predicted molar refractivity (Wildman–Crippen MR) is 45.8 cm³/mol. The zero-order chi connectivity index (χ0) is 7.40. The van der Waals surface area contributed by atoms with Crippen LogP contribution < -0.4 is 0 Å². The molecule has 1 aliphatic carbocycles. The summed E-state index contributed by atoms with van der Waals surface area (Å²) in [7, 11) is 0. The molecule has 0 spiro atoms. The molecule has 0 heteroatoms. The Bertz CT molecular complexity index is 180. The minimum atomic E-state index is 1.14. The first-order chi connectivity index (χ1) is 4.88. The molecule has 0 aromatic rings. The summed E-state index contributed by atoms with van der Waals surface area (Å²) in [6.07, 6.45) is 10.4. The van der Waals surface area contributed by atoms with E-state index in [9.17, 15) is 0 Å². The van der Waals surface area contributed by atoms with Gasteiger partial charge >= 0.3 is 0 Å². The van der Waals surface area contributed by atoms with E-state index in [0.29, 0.717) is 0 Å². The van der Waals surface area contributed by atoms with Crippen molar-refractivity contribution in [1.29, 1.82) is 0 Å². The maximum atomic E-state index is 3.73. The van der Waals surface area contributed by atoms with Crippen molar-refractivity contribution in [3.05, 3.63) is 48.6 Å². The summed E-state index contributed by atoms with van der Waals surface area (Å²) in [6, 6.07) is 0. The second-order valence-corrected chi connectivity index (χ2v) is 2.30. The zero-order valence-electron chi connectivity index (χ0n) is 6.14. The third kappa shape index (κ3) is 1.27. The average molecular weight is 132 g/mol. The van der Waals surface area contributed by atoms with E-state index in [1.165, 1.54) is 11.1 Å².